The van der Waals surface area contributed by atoms with Gasteiger partial charge in [-0.25, -0.2) is 0 Å². The number of nitrogens with one attached hydrogen (secondary N) is 1. The van der Waals surface area contributed by atoms with Gasteiger partial charge in [0.1, 0.15) is 5.75 Å². The SMILES string of the molecule is CCOc1ccccc1NC(=O)CCc1nc(-c2ccncc2)no1. The lowest BCUT2D eigenvalue weighted by Crippen LogP contribution is -2.13. The van der Waals surface area contributed by atoms with Crippen LogP contribution in [0.25, 0.3) is 11.4 Å². The standard InChI is InChI=1S/C18H18N4O3/c1-2-24-15-6-4-3-5-14(15)20-16(23)7-8-17-21-18(22-25-17)13-9-11-19-12-10-13/h3-6,9-12H,2,7-8H2,1H3,(H,20,23). The molecule has 0 bridgehead atoms. The van der Waals surface area contributed by atoms with Gasteiger partial charge in [-0.05, 0) is 31.2 Å². The van der Waals surface area contributed by atoms with Crippen molar-refractivity contribution >= 4 is 11.6 Å². The minimum atomic E-state index is -0.143. The number of para-hydroxylation sites is 2. The predicted molar refractivity (Wildman–Crippen MR) is 92.1 cm³/mol. The van der Waals surface area contributed by atoms with Crippen LogP contribution in [0, 0.1) is 0 Å². The number of amides is 1. The molecule has 3 rings (SSSR count). The Morgan fingerprint density at radius 3 is 2.80 bits per heavy atom. The van der Waals surface area contributed by atoms with Gasteiger partial charge in [-0.15, -0.1) is 0 Å². The highest BCUT2D eigenvalue weighted by molar-refractivity contribution is 5.92. The summed E-state index contributed by atoms with van der Waals surface area (Å²) in [5, 5.41) is 6.76. The van der Waals surface area contributed by atoms with E-state index in [9.17, 15) is 4.79 Å². The van der Waals surface area contributed by atoms with Crippen molar-refractivity contribution in [3.8, 4) is 17.1 Å². The Balaban J connectivity index is 1.57. The van der Waals surface area contributed by atoms with Gasteiger partial charge in [-0.3, -0.25) is 9.78 Å². The summed E-state index contributed by atoms with van der Waals surface area (Å²) >= 11 is 0. The molecule has 2 aromatic heterocycles. The normalized spacial score (nSPS) is 10.4. The van der Waals surface area contributed by atoms with Crippen LogP contribution < -0.4 is 10.1 Å². The largest absolute Gasteiger partial charge is 0.492 e. The fourth-order valence-corrected chi connectivity index (χ4v) is 2.26. The van der Waals surface area contributed by atoms with E-state index in [1.54, 1.807) is 30.6 Å². The Hall–Kier alpha value is -3.22. The lowest BCUT2D eigenvalue weighted by molar-refractivity contribution is -0.116. The first-order chi connectivity index (χ1) is 12.3. The van der Waals surface area contributed by atoms with E-state index in [0.717, 1.165) is 5.56 Å². The summed E-state index contributed by atoms with van der Waals surface area (Å²) in [6.07, 6.45) is 3.92. The smallest absolute Gasteiger partial charge is 0.227 e. The first-order valence-corrected chi connectivity index (χ1v) is 8.01. The zero-order chi connectivity index (χ0) is 17.5. The van der Waals surface area contributed by atoms with E-state index in [-0.39, 0.29) is 12.3 Å². The third-order valence-corrected chi connectivity index (χ3v) is 3.43. The molecule has 0 saturated carbocycles. The Kier molecular flexibility index (Phi) is 5.36. The third-order valence-electron chi connectivity index (χ3n) is 3.43. The van der Waals surface area contributed by atoms with Crippen molar-refractivity contribution in [3.63, 3.8) is 0 Å². The van der Waals surface area contributed by atoms with Crippen LogP contribution >= 0.6 is 0 Å². The first-order valence-electron chi connectivity index (χ1n) is 8.01. The molecule has 0 unspecified atom stereocenters. The second-order valence-corrected chi connectivity index (χ2v) is 5.22. The second-order valence-electron chi connectivity index (χ2n) is 5.22. The van der Waals surface area contributed by atoms with Gasteiger partial charge in [-0.2, -0.15) is 4.98 Å². The zero-order valence-corrected chi connectivity index (χ0v) is 13.8. The second kappa shape index (κ2) is 8.05. The van der Waals surface area contributed by atoms with E-state index in [4.69, 9.17) is 9.26 Å². The summed E-state index contributed by atoms with van der Waals surface area (Å²) in [5.41, 5.74) is 1.47. The average molecular weight is 338 g/mol. The maximum absolute atomic E-state index is 12.2. The molecule has 1 N–H and O–H groups in total. The van der Waals surface area contributed by atoms with Gasteiger partial charge in [0.25, 0.3) is 0 Å². The minimum Gasteiger partial charge on any atom is -0.492 e. The molecule has 0 aliphatic rings. The summed E-state index contributed by atoms with van der Waals surface area (Å²) < 4.78 is 10.7. The molecule has 25 heavy (non-hydrogen) atoms. The number of nitrogens with zero attached hydrogens (tertiary/aromatic N) is 3. The molecule has 3 aromatic rings. The quantitative estimate of drug-likeness (QED) is 0.712. The van der Waals surface area contributed by atoms with Crippen LogP contribution in [0.5, 0.6) is 5.75 Å². The molecule has 0 spiro atoms. The van der Waals surface area contributed by atoms with Crippen molar-refractivity contribution in [3.05, 3.63) is 54.7 Å². The average Bonchev–Trinajstić information content (AvgIpc) is 3.12. The molecule has 0 radical (unpaired) electrons. The Labute approximate surface area is 145 Å². The molecule has 2 heterocycles. The number of hydrogen-bond acceptors (Lipinski definition) is 6. The van der Waals surface area contributed by atoms with Crippen LogP contribution in [-0.4, -0.2) is 27.6 Å². The van der Waals surface area contributed by atoms with Gasteiger partial charge in [0.2, 0.25) is 17.6 Å². The molecular weight excluding hydrogens is 320 g/mol. The number of hydrogen-bond donors (Lipinski definition) is 1. The van der Waals surface area contributed by atoms with Gasteiger partial charge in [-0.1, -0.05) is 17.3 Å². The van der Waals surface area contributed by atoms with Crippen molar-refractivity contribution in [2.45, 2.75) is 19.8 Å². The van der Waals surface area contributed by atoms with Gasteiger partial charge in [0.15, 0.2) is 0 Å². The van der Waals surface area contributed by atoms with Crippen LogP contribution in [-0.2, 0) is 11.2 Å². The highest BCUT2D eigenvalue weighted by atomic mass is 16.5. The Morgan fingerprint density at radius 1 is 1.20 bits per heavy atom. The van der Waals surface area contributed by atoms with Crippen LogP contribution in [0.2, 0.25) is 0 Å². The Bertz CT molecular complexity index is 833. The lowest BCUT2D eigenvalue weighted by Gasteiger charge is -2.10. The van der Waals surface area contributed by atoms with Gasteiger partial charge in [0, 0.05) is 30.8 Å². The highest BCUT2D eigenvalue weighted by Gasteiger charge is 2.12. The summed E-state index contributed by atoms with van der Waals surface area (Å²) in [5.74, 6) is 1.41. The highest BCUT2D eigenvalue weighted by Crippen LogP contribution is 2.24. The topological polar surface area (TPSA) is 90.1 Å². The number of aromatic nitrogens is 3. The van der Waals surface area contributed by atoms with Crippen LogP contribution in [0.15, 0.2) is 53.3 Å². The summed E-state index contributed by atoms with van der Waals surface area (Å²) in [7, 11) is 0. The zero-order valence-electron chi connectivity index (χ0n) is 13.8. The van der Waals surface area contributed by atoms with Crippen molar-refractivity contribution < 1.29 is 14.1 Å². The molecule has 0 aliphatic carbocycles. The maximum Gasteiger partial charge on any atom is 0.227 e. The first kappa shape index (κ1) is 16.6. The monoisotopic (exact) mass is 338 g/mol. The van der Waals surface area contributed by atoms with Crippen molar-refractivity contribution in [1.82, 2.24) is 15.1 Å². The fraction of sp³-hybridized carbons (Fsp3) is 0.222. The Morgan fingerprint density at radius 2 is 2.00 bits per heavy atom. The summed E-state index contributed by atoms with van der Waals surface area (Å²) in [6.45, 7) is 2.43. The van der Waals surface area contributed by atoms with Crippen LogP contribution in [0.4, 0.5) is 5.69 Å². The van der Waals surface area contributed by atoms with Crippen LogP contribution in [0.1, 0.15) is 19.2 Å². The number of aryl methyl sites for hydroxylation is 1. The number of rotatable bonds is 7. The molecule has 0 fully saturated rings. The van der Waals surface area contributed by atoms with Crippen molar-refractivity contribution in [1.29, 1.82) is 0 Å². The number of ether oxygens (including phenoxy) is 1. The van der Waals surface area contributed by atoms with Gasteiger partial charge >= 0.3 is 0 Å². The molecule has 7 heteroatoms. The molecule has 128 valence electrons. The van der Waals surface area contributed by atoms with E-state index in [0.29, 0.717) is 36.2 Å². The van der Waals surface area contributed by atoms with E-state index >= 15 is 0 Å². The van der Waals surface area contributed by atoms with Crippen LogP contribution in [0.3, 0.4) is 0 Å². The van der Waals surface area contributed by atoms with Gasteiger partial charge < -0.3 is 14.6 Å². The predicted octanol–water partition coefficient (Wildman–Crippen LogP) is 3.10. The molecule has 0 saturated heterocycles. The molecule has 1 aromatic carbocycles. The summed E-state index contributed by atoms with van der Waals surface area (Å²) in [6, 6.07) is 10.9. The number of carbonyl (C=O) groups excluding carboxylic acids is 1. The molecule has 1 amide bonds. The fourth-order valence-electron chi connectivity index (χ4n) is 2.26. The number of anilines is 1. The van der Waals surface area contributed by atoms with Crippen molar-refractivity contribution in [2.75, 3.05) is 11.9 Å². The minimum absolute atomic E-state index is 0.143. The summed E-state index contributed by atoms with van der Waals surface area (Å²) in [4.78, 5) is 20.4. The number of pyridine rings is 1. The lowest BCUT2D eigenvalue weighted by atomic mass is 10.2. The maximum atomic E-state index is 12.2. The van der Waals surface area contributed by atoms with Crippen molar-refractivity contribution in [2.24, 2.45) is 0 Å². The number of carbonyl (C=O) groups is 1. The molecule has 0 aliphatic heterocycles. The van der Waals surface area contributed by atoms with Gasteiger partial charge in [0.05, 0.1) is 12.3 Å². The molecule has 7 nitrogen and oxygen atoms in total. The molecule has 0 atom stereocenters. The van der Waals surface area contributed by atoms with E-state index < -0.39 is 0 Å². The third kappa shape index (κ3) is 4.41. The number of benzene rings is 1. The molecular formula is C18H18N4O3. The van der Waals surface area contributed by atoms with E-state index in [1.165, 1.54) is 0 Å². The van der Waals surface area contributed by atoms with E-state index in [2.05, 4.69) is 20.4 Å². The van der Waals surface area contributed by atoms with E-state index in [1.807, 2.05) is 25.1 Å².